The van der Waals surface area contributed by atoms with Crippen molar-refractivity contribution >= 4 is 17.9 Å². The van der Waals surface area contributed by atoms with E-state index in [-0.39, 0.29) is 38.6 Å². The van der Waals surface area contributed by atoms with Gasteiger partial charge in [-0.15, -0.1) is 0 Å². The molecule has 9 nitrogen and oxygen atoms in total. The van der Waals surface area contributed by atoms with Crippen LogP contribution >= 0.6 is 0 Å². The number of allylic oxidation sites excluding steroid dienone is 8. The third kappa shape index (κ3) is 43.3. The summed E-state index contributed by atoms with van der Waals surface area (Å²) < 4.78 is 22.6. The first-order valence-electron chi connectivity index (χ1n) is 24.3. The molecule has 0 aliphatic rings. The number of ether oxygens (including phenoxy) is 4. The van der Waals surface area contributed by atoms with Crippen LogP contribution in [0.4, 0.5) is 0 Å². The Morgan fingerprint density at radius 3 is 1.35 bits per heavy atom. The van der Waals surface area contributed by atoms with Crippen LogP contribution in [0, 0.1) is 0 Å². The van der Waals surface area contributed by atoms with Crippen molar-refractivity contribution in [2.24, 2.45) is 0 Å². The normalized spacial score (nSPS) is 13.3. The van der Waals surface area contributed by atoms with Crippen molar-refractivity contribution in [3.63, 3.8) is 0 Å². The van der Waals surface area contributed by atoms with E-state index in [1.165, 1.54) is 77.0 Å². The van der Waals surface area contributed by atoms with Crippen LogP contribution in [-0.4, -0.2) is 82.3 Å². The molecule has 0 aliphatic heterocycles. The standard InChI is InChI=1S/C51H91NO8/c1-6-8-10-12-14-16-18-20-22-23-24-25-26-27-28-30-32-34-36-38-40-42-49(54)60-47(46-59-51(50(55)56)57-44-43-52(3,4)5)45-58-48(53)41-39-37-35-33-31-29-21-19-17-15-13-11-9-7-2/h18-21,23-24,26-27,47,51H,6-17,22,25,28-46H2,1-5H3/b20-18-,21-19-,24-23-,27-26-. The Hall–Kier alpha value is -2.75. The molecule has 0 saturated heterocycles. The van der Waals surface area contributed by atoms with Gasteiger partial charge in [-0.1, -0.05) is 159 Å². The third-order valence-corrected chi connectivity index (χ3v) is 10.3. The molecule has 348 valence electrons. The van der Waals surface area contributed by atoms with Crippen LogP contribution in [0.15, 0.2) is 48.6 Å². The van der Waals surface area contributed by atoms with Gasteiger partial charge in [-0.05, 0) is 77.0 Å². The van der Waals surface area contributed by atoms with Gasteiger partial charge in [0, 0.05) is 12.8 Å². The zero-order chi connectivity index (χ0) is 44.2. The first-order chi connectivity index (χ1) is 29.1. The van der Waals surface area contributed by atoms with Crippen molar-refractivity contribution < 1.29 is 42.9 Å². The Kier molecular flexibility index (Phi) is 41.0. The Morgan fingerprint density at radius 2 is 0.900 bits per heavy atom. The summed E-state index contributed by atoms with van der Waals surface area (Å²) in [6.07, 6.45) is 47.1. The second-order valence-corrected chi connectivity index (χ2v) is 17.4. The van der Waals surface area contributed by atoms with Gasteiger partial charge in [0.15, 0.2) is 12.4 Å². The summed E-state index contributed by atoms with van der Waals surface area (Å²) in [7, 11) is 5.90. The summed E-state index contributed by atoms with van der Waals surface area (Å²) >= 11 is 0. The van der Waals surface area contributed by atoms with E-state index >= 15 is 0 Å². The summed E-state index contributed by atoms with van der Waals surface area (Å²) in [5.74, 6) is -2.31. The van der Waals surface area contributed by atoms with Crippen molar-refractivity contribution in [3.05, 3.63) is 48.6 Å². The number of unbranched alkanes of at least 4 members (excludes halogenated alkanes) is 21. The van der Waals surface area contributed by atoms with E-state index in [4.69, 9.17) is 18.9 Å². The molecule has 0 amide bonds. The fourth-order valence-electron chi connectivity index (χ4n) is 6.48. The molecule has 0 aromatic heterocycles. The molecular formula is C51H91NO8. The van der Waals surface area contributed by atoms with E-state index in [9.17, 15) is 19.5 Å². The second-order valence-electron chi connectivity index (χ2n) is 17.4. The highest BCUT2D eigenvalue weighted by Crippen LogP contribution is 2.13. The predicted molar refractivity (Wildman–Crippen MR) is 246 cm³/mol. The quantitative estimate of drug-likeness (QED) is 0.0196. The van der Waals surface area contributed by atoms with Crippen LogP contribution in [-0.2, 0) is 33.3 Å². The number of nitrogens with zero attached hydrogens (tertiary/aromatic N) is 1. The third-order valence-electron chi connectivity index (χ3n) is 10.3. The molecule has 0 aromatic rings. The van der Waals surface area contributed by atoms with Gasteiger partial charge in [-0.3, -0.25) is 9.59 Å². The molecule has 0 fully saturated rings. The monoisotopic (exact) mass is 846 g/mol. The van der Waals surface area contributed by atoms with Gasteiger partial charge in [-0.25, -0.2) is 0 Å². The Balaban J connectivity index is 4.42. The topological polar surface area (TPSA) is 111 Å². The summed E-state index contributed by atoms with van der Waals surface area (Å²) in [5, 5.41) is 11.7. The molecule has 0 N–H and O–H groups in total. The lowest BCUT2D eigenvalue weighted by Crippen LogP contribution is -2.44. The smallest absolute Gasteiger partial charge is 0.306 e. The zero-order valence-electron chi connectivity index (χ0n) is 39.3. The molecule has 0 aliphatic carbocycles. The van der Waals surface area contributed by atoms with Gasteiger partial charge in [-0.2, -0.15) is 0 Å². The number of esters is 2. The molecule has 0 heterocycles. The lowest BCUT2D eigenvalue weighted by Gasteiger charge is -2.26. The molecule has 0 bridgehead atoms. The Bertz CT molecular complexity index is 1120. The molecule has 0 rings (SSSR count). The number of carboxylic acids is 1. The molecule has 0 saturated carbocycles. The number of carbonyl (C=O) groups is 3. The number of quaternary nitrogens is 1. The van der Waals surface area contributed by atoms with Crippen molar-refractivity contribution in [1.82, 2.24) is 0 Å². The van der Waals surface area contributed by atoms with E-state index < -0.39 is 24.3 Å². The minimum atomic E-state index is -1.63. The minimum Gasteiger partial charge on any atom is -0.545 e. The molecule has 2 atom stereocenters. The first kappa shape index (κ1) is 57.2. The lowest BCUT2D eigenvalue weighted by molar-refractivity contribution is -0.870. The number of likely N-dealkylation sites (N-methyl/N-ethyl adjacent to an activating group) is 1. The largest absolute Gasteiger partial charge is 0.545 e. The van der Waals surface area contributed by atoms with Gasteiger partial charge in [0.1, 0.15) is 13.2 Å². The molecule has 9 heteroatoms. The van der Waals surface area contributed by atoms with Crippen molar-refractivity contribution in [3.8, 4) is 0 Å². The van der Waals surface area contributed by atoms with Gasteiger partial charge in [0.2, 0.25) is 0 Å². The number of rotatable bonds is 44. The fourth-order valence-corrected chi connectivity index (χ4v) is 6.48. The van der Waals surface area contributed by atoms with Crippen LogP contribution < -0.4 is 5.11 Å². The first-order valence-corrected chi connectivity index (χ1v) is 24.3. The van der Waals surface area contributed by atoms with Gasteiger partial charge < -0.3 is 33.3 Å². The highest BCUT2D eigenvalue weighted by molar-refractivity contribution is 5.70. The SMILES string of the molecule is CCCCCCC/C=C\C/C=C\C/C=C\CCCCCCCCC(=O)OC(COC(=O)CCCCCCC/C=C\CCCCCCC)COC(OCC[N+](C)(C)C)C(=O)[O-]. The van der Waals surface area contributed by atoms with E-state index in [0.717, 1.165) is 89.9 Å². The average molecular weight is 846 g/mol. The summed E-state index contributed by atoms with van der Waals surface area (Å²) in [6, 6.07) is 0. The molecule has 0 radical (unpaired) electrons. The van der Waals surface area contributed by atoms with Crippen LogP contribution in [0.25, 0.3) is 0 Å². The van der Waals surface area contributed by atoms with Crippen molar-refractivity contribution in [1.29, 1.82) is 0 Å². The Morgan fingerprint density at radius 1 is 0.500 bits per heavy atom. The van der Waals surface area contributed by atoms with E-state index in [0.29, 0.717) is 17.4 Å². The van der Waals surface area contributed by atoms with Gasteiger partial charge in [0.25, 0.3) is 0 Å². The van der Waals surface area contributed by atoms with E-state index in [1.54, 1.807) is 0 Å². The number of carbonyl (C=O) groups excluding carboxylic acids is 3. The van der Waals surface area contributed by atoms with Crippen molar-refractivity contribution in [2.45, 2.75) is 212 Å². The molecule has 2 unspecified atom stereocenters. The minimum absolute atomic E-state index is 0.142. The molecular weight excluding hydrogens is 755 g/mol. The average Bonchev–Trinajstić information content (AvgIpc) is 3.21. The van der Waals surface area contributed by atoms with Crippen LogP contribution in [0.5, 0.6) is 0 Å². The van der Waals surface area contributed by atoms with Crippen LogP contribution in [0.2, 0.25) is 0 Å². The van der Waals surface area contributed by atoms with Crippen LogP contribution in [0.1, 0.15) is 200 Å². The van der Waals surface area contributed by atoms with Crippen LogP contribution in [0.3, 0.4) is 0 Å². The lowest BCUT2D eigenvalue weighted by atomic mass is 10.1. The highest BCUT2D eigenvalue weighted by Gasteiger charge is 2.21. The number of carboxylic acid groups (broad SMARTS) is 1. The zero-order valence-corrected chi connectivity index (χ0v) is 39.3. The van der Waals surface area contributed by atoms with E-state index in [2.05, 4.69) is 62.5 Å². The summed E-state index contributed by atoms with van der Waals surface area (Å²) in [4.78, 5) is 37.0. The predicted octanol–water partition coefficient (Wildman–Crippen LogP) is 11.8. The Labute approximate surface area is 368 Å². The second kappa shape index (κ2) is 42.9. The van der Waals surface area contributed by atoms with Gasteiger partial charge >= 0.3 is 11.9 Å². The maximum atomic E-state index is 12.8. The molecule has 0 aromatic carbocycles. The maximum Gasteiger partial charge on any atom is 0.306 e. The number of hydrogen-bond acceptors (Lipinski definition) is 8. The van der Waals surface area contributed by atoms with E-state index in [1.807, 2.05) is 21.1 Å². The molecule has 60 heavy (non-hydrogen) atoms. The number of hydrogen-bond donors (Lipinski definition) is 0. The fraction of sp³-hybridized carbons (Fsp3) is 0.784. The van der Waals surface area contributed by atoms with Gasteiger partial charge in [0.05, 0.1) is 40.3 Å². The summed E-state index contributed by atoms with van der Waals surface area (Å²) in [6.45, 7) is 4.69. The summed E-state index contributed by atoms with van der Waals surface area (Å²) in [5.41, 5.74) is 0. The molecule has 0 spiro atoms. The van der Waals surface area contributed by atoms with Crippen molar-refractivity contribution in [2.75, 3.05) is 47.5 Å². The maximum absolute atomic E-state index is 12.8. The number of aliphatic carboxylic acids is 1. The highest BCUT2D eigenvalue weighted by atomic mass is 16.7.